The topological polar surface area (TPSA) is 37.3 Å². The number of rotatable bonds is 1. The van der Waals surface area contributed by atoms with Gasteiger partial charge in [0.1, 0.15) is 0 Å². The van der Waals surface area contributed by atoms with Crippen molar-refractivity contribution in [2.45, 2.75) is 19.5 Å². The van der Waals surface area contributed by atoms with Crippen molar-refractivity contribution in [3.8, 4) is 0 Å². The molecule has 0 amide bonds. The molecular weight excluding hydrogens is 134 g/mol. The average Bonchev–Trinajstić information content (AvgIpc) is 1.31. The van der Waals surface area contributed by atoms with E-state index in [0.717, 1.165) is 0 Å². The molecule has 1 atom stereocenters. The van der Waals surface area contributed by atoms with Gasteiger partial charge in [-0.15, -0.1) is 0 Å². The second-order valence-corrected chi connectivity index (χ2v) is 4.96. The van der Waals surface area contributed by atoms with E-state index in [1.165, 1.54) is 6.66 Å². The second-order valence-electron chi connectivity index (χ2n) is 2.04. The summed E-state index contributed by atoms with van der Waals surface area (Å²) in [5, 5.41) is 0. The molecule has 0 bridgehead atoms. The Kier molecular flexibility index (Phi) is 6.08. The first-order valence-electron chi connectivity index (χ1n) is 2.24. The van der Waals surface area contributed by atoms with Crippen LogP contribution in [-0.2, 0) is 4.57 Å². The van der Waals surface area contributed by atoms with Crippen LogP contribution >= 0.6 is 7.37 Å². The van der Waals surface area contributed by atoms with E-state index in [0.29, 0.717) is 0 Å². The van der Waals surface area contributed by atoms with Crippen molar-refractivity contribution in [3.05, 3.63) is 0 Å². The molecule has 1 N–H and O–H groups in total. The fraction of sp³-hybridized carbons (Fsp3) is 1.00. The molecule has 0 saturated heterocycles. The van der Waals surface area contributed by atoms with Crippen LogP contribution in [0.2, 0.25) is 0 Å². The molecule has 8 heavy (non-hydrogen) atoms. The minimum absolute atomic E-state index is 0. The summed E-state index contributed by atoms with van der Waals surface area (Å²) in [7, 11) is -2.74. The Hall–Kier alpha value is 1.19. The molecule has 1 unspecified atom stereocenters. The molecule has 2 nitrogen and oxygen atoms in total. The Morgan fingerprint density at radius 1 is 1.50 bits per heavy atom. The van der Waals surface area contributed by atoms with Crippen molar-refractivity contribution in [1.82, 2.24) is 0 Å². The van der Waals surface area contributed by atoms with Crippen LogP contribution in [0.15, 0.2) is 0 Å². The van der Waals surface area contributed by atoms with E-state index in [1.54, 1.807) is 13.8 Å². The monoisotopic (exact) mass is 145 g/mol. The van der Waals surface area contributed by atoms with E-state index in [2.05, 4.69) is 0 Å². The predicted molar refractivity (Wildman–Crippen MR) is 36.6 cm³/mol. The standard InChI is InChI=1S/C4H11O2P.Na/c1-4(2)7(3,5)6;/h4H,1-3H3,(H,5,6);. The van der Waals surface area contributed by atoms with Crippen LogP contribution < -0.4 is 0 Å². The molecule has 4 heteroatoms. The first-order chi connectivity index (χ1) is 2.94. The molecule has 1 radical (unpaired) electrons. The number of hydrogen-bond acceptors (Lipinski definition) is 1. The molecule has 0 aromatic rings. The van der Waals surface area contributed by atoms with Gasteiger partial charge in [-0.3, -0.25) is 4.57 Å². The Bertz CT molecular complexity index is 96.2. The largest absolute Gasteiger partial charge is 0.344 e. The van der Waals surface area contributed by atoms with Crippen LogP contribution in [0, 0.1) is 0 Å². The van der Waals surface area contributed by atoms with Crippen molar-refractivity contribution >= 4 is 36.9 Å². The SMILES string of the molecule is CC(C)P(C)(=O)O.[Na]. The molecule has 0 rings (SSSR count). The van der Waals surface area contributed by atoms with Gasteiger partial charge >= 0.3 is 0 Å². The van der Waals surface area contributed by atoms with E-state index in [1.807, 2.05) is 0 Å². The first kappa shape index (κ1) is 11.9. The van der Waals surface area contributed by atoms with Gasteiger partial charge in [0.25, 0.3) is 0 Å². The quantitative estimate of drug-likeness (QED) is 0.440. The second kappa shape index (κ2) is 4.08. The van der Waals surface area contributed by atoms with Crippen molar-refractivity contribution < 1.29 is 9.46 Å². The predicted octanol–water partition coefficient (Wildman–Crippen LogP) is 0.914. The van der Waals surface area contributed by atoms with Crippen molar-refractivity contribution in [2.24, 2.45) is 0 Å². The van der Waals surface area contributed by atoms with Crippen molar-refractivity contribution in [2.75, 3.05) is 6.66 Å². The van der Waals surface area contributed by atoms with Gasteiger partial charge in [0, 0.05) is 41.9 Å². The Morgan fingerprint density at radius 3 is 1.62 bits per heavy atom. The van der Waals surface area contributed by atoms with Gasteiger partial charge in [-0.2, -0.15) is 0 Å². The van der Waals surface area contributed by atoms with Gasteiger partial charge in [-0.25, -0.2) is 0 Å². The summed E-state index contributed by atoms with van der Waals surface area (Å²) in [6.45, 7) is 4.85. The molecule has 0 aliphatic heterocycles. The molecule has 45 valence electrons. The summed E-state index contributed by atoms with van der Waals surface area (Å²) in [6, 6.07) is 0. The van der Waals surface area contributed by atoms with E-state index in [-0.39, 0.29) is 35.2 Å². The van der Waals surface area contributed by atoms with Crippen molar-refractivity contribution in [1.29, 1.82) is 0 Å². The van der Waals surface area contributed by atoms with Crippen LogP contribution in [0.5, 0.6) is 0 Å². The van der Waals surface area contributed by atoms with Gasteiger partial charge in [-0.05, 0) is 0 Å². The zero-order valence-corrected chi connectivity index (χ0v) is 8.77. The zero-order valence-electron chi connectivity index (χ0n) is 5.88. The molecule has 0 saturated carbocycles. The minimum Gasteiger partial charge on any atom is -0.344 e. The maximum Gasteiger partial charge on any atom is 0.200 e. The number of hydrogen-bond donors (Lipinski definition) is 1. The zero-order chi connectivity index (χ0) is 6.08. The van der Waals surface area contributed by atoms with Crippen LogP contribution in [-0.4, -0.2) is 46.8 Å². The van der Waals surface area contributed by atoms with Crippen LogP contribution in [0.1, 0.15) is 13.8 Å². The van der Waals surface area contributed by atoms with Gasteiger partial charge in [0.05, 0.1) is 0 Å². The molecule has 0 spiro atoms. The molecule has 0 heterocycles. The van der Waals surface area contributed by atoms with E-state index >= 15 is 0 Å². The summed E-state index contributed by atoms with van der Waals surface area (Å²) in [5.74, 6) is 0. The fourth-order valence-electron chi connectivity index (χ4n) is 0. The maximum atomic E-state index is 10.5. The van der Waals surface area contributed by atoms with E-state index in [4.69, 9.17) is 4.89 Å². The Morgan fingerprint density at radius 2 is 1.62 bits per heavy atom. The van der Waals surface area contributed by atoms with Gasteiger partial charge < -0.3 is 4.89 Å². The fourth-order valence-corrected chi connectivity index (χ4v) is 0. The minimum atomic E-state index is -2.74. The molecule has 0 aromatic carbocycles. The summed E-state index contributed by atoms with van der Waals surface area (Å²) < 4.78 is 10.5. The van der Waals surface area contributed by atoms with Crippen molar-refractivity contribution in [3.63, 3.8) is 0 Å². The van der Waals surface area contributed by atoms with Gasteiger partial charge in [0.15, 0.2) is 7.37 Å². The molecular formula is C4H11NaO2P. The van der Waals surface area contributed by atoms with E-state index in [9.17, 15) is 4.57 Å². The third-order valence-corrected chi connectivity index (χ3v) is 2.87. The average molecular weight is 145 g/mol. The normalized spacial score (nSPS) is 17.1. The van der Waals surface area contributed by atoms with Gasteiger partial charge in [-0.1, -0.05) is 13.8 Å². The maximum absolute atomic E-state index is 10.5. The Balaban J connectivity index is 0. The molecule has 0 aromatic heterocycles. The van der Waals surface area contributed by atoms with Gasteiger partial charge in [0.2, 0.25) is 0 Å². The summed E-state index contributed by atoms with van der Waals surface area (Å²) in [4.78, 5) is 8.65. The molecule has 0 fully saturated rings. The summed E-state index contributed by atoms with van der Waals surface area (Å²) >= 11 is 0. The molecule has 0 aliphatic rings. The van der Waals surface area contributed by atoms with Crippen LogP contribution in [0.3, 0.4) is 0 Å². The third-order valence-electron chi connectivity index (χ3n) is 0.958. The van der Waals surface area contributed by atoms with Crippen LogP contribution in [0.25, 0.3) is 0 Å². The molecule has 0 aliphatic carbocycles. The summed E-state index contributed by atoms with van der Waals surface area (Å²) in [6.07, 6.45) is 0. The smallest absolute Gasteiger partial charge is 0.200 e. The van der Waals surface area contributed by atoms with Crippen LogP contribution in [0.4, 0.5) is 0 Å². The summed E-state index contributed by atoms with van der Waals surface area (Å²) in [5.41, 5.74) is -0.0903. The third kappa shape index (κ3) is 5.33. The Labute approximate surface area is 72.4 Å². The van der Waals surface area contributed by atoms with E-state index < -0.39 is 7.37 Å². The first-order valence-corrected chi connectivity index (χ1v) is 4.42.